The van der Waals surface area contributed by atoms with Gasteiger partial charge in [0.1, 0.15) is 0 Å². The molecule has 0 aliphatic rings. The molecular weight excluding hydrogens is 175 g/mol. The predicted molar refractivity (Wildman–Crippen MR) is 41.3 cm³/mol. The Morgan fingerprint density at radius 3 is 2.00 bits per heavy atom. The minimum absolute atomic E-state index is 0. The molecule has 0 aromatic carbocycles. The highest BCUT2D eigenvalue weighted by atomic mass is 35.5. The summed E-state index contributed by atoms with van der Waals surface area (Å²) in [5, 5.41) is 0. The molecule has 0 radical (unpaired) electrons. The van der Waals surface area contributed by atoms with Gasteiger partial charge in [-0.15, -0.1) is 24.8 Å². The van der Waals surface area contributed by atoms with Gasteiger partial charge in [0.15, 0.2) is 6.34 Å². The molecule has 0 atom stereocenters. The molecule has 0 aromatic heterocycles. The van der Waals surface area contributed by atoms with Crippen molar-refractivity contribution >= 4 is 56.8 Å². The molecule has 0 saturated carbocycles. The van der Waals surface area contributed by atoms with Crippen molar-refractivity contribution in [2.45, 2.75) is 0 Å². The highest BCUT2D eigenvalue weighted by Crippen LogP contribution is 1.58. The van der Waals surface area contributed by atoms with Crippen LogP contribution in [0.3, 0.4) is 0 Å². The summed E-state index contributed by atoms with van der Waals surface area (Å²) in [5.74, 6) is 0. The summed E-state index contributed by atoms with van der Waals surface area (Å²) in [7, 11) is 0. The lowest BCUT2D eigenvalue weighted by molar-refractivity contribution is -0.324. The van der Waals surface area contributed by atoms with Gasteiger partial charge < -0.3 is 17.5 Å². The van der Waals surface area contributed by atoms with Crippen LogP contribution in [-0.2, 0) is 12.8 Å². The second-order valence-electron chi connectivity index (χ2n) is 0.401. The Labute approximate surface area is 66.1 Å². The first kappa shape index (κ1) is 15.7. The molecule has 2 N–H and O–H groups in total. The largest absolute Gasteiger partial charge is 0.491 e. The molecule has 0 aliphatic carbocycles. The molecule has 0 unspecified atom stereocenters. The summed E-state index contributed by atoms with van der Waals surface area (Å²) in [6.45, 7) is 0. The van der Waals surface area contributed by atoms with E-state index in [4.69, 9.17) is 0 Å². The first-order chi connectivity index (χ1) is 2.41. The Balaban J connectivity index is -0.0000000800. The van der Waals surface area contributed by atoms with E-state index in [1.807, 2.05) is 0 Å². The quantitative estimate of drug-likeness (QED) is 0.248. The highest BCUT2D eigenvalue weighted by Gasteiger charge is 1.45. The lowest BCUT2D eigenvalue weighted by Gasteiger charge is -1.82. The van der Waals surface area contributed by atoms with Crippen LogP contribution in [0, 0.1) is 0 Å². The third kappa shape index (κ3) is 19.7. The smallest absolute Gasteiger partial charge is 0.175 e. The fourth-order valence-corrected chi connectivity index (χ4v) is 0.245. The first-order valence-corrected chi connectivity index (χ1v) is 1.90. The van der Waals surface area contributed by atoms with Crippen molar-refractivity contribution in [1.82, 2.24) is 0 Å². The van der Waals surface area contributed by atoms with E-state index in [1.54, 1.807) is 0 Å². The average Bonchev–Trinajstić information content (AvgIpc) is 1.41. The fraction of sp³-hybridized carbons (Fsp3) is 0. The standard InChI is InChI=1S/CH4N2S2.2ClH/c4-2-1-3-5;;/h1,5H,2H2;2*1H. The van der Waals surface area contributed by atoms with Crippen LogP contribution >= 0.6 is 37.6 Å². The minimum Gasteiger partial charge on any atom is -0.491 e. The fourth-order valence-electron chi connectivity index (χ4n) is 0.0272. The van der Waals surface area contributed by atoms with E-state index in [9.17, 15) is 0 Å². The van der Waals surface area contributed by atoms with Crippen LogP contribution in [0.15, 0.2) is 4.40 Å². The number of nitrogens with two attached hydrogens (primary N) is 1. The van der Waals surface area contributed by atoms with Gasteiger partial charge in [0.25, 0.3) is 0 Å². The Kier molecular flexibility index (Phi) is 35.3. The van der Waals surface area contributed by atoms with Crippen LogP contribution in [-0.4, -0.2) is 6.34 Å². The highest BCUT2D eigenvalue weighted by molar-refractivity contribution is 7.78. The van der Waals surface area contributed by atoms with Crippen LogP contribution in [0.25, 0.3) is 0 Å². The van der Waals surface area contributed by atoms with Crippen LogP contribution in [0.5, 0.6) is 0 Å². The van der Waals surface area contributed by atoms with Gasteiger partial charge in [-0.2, -0.15) is 4.40 Å². The number of halogens is 2. The molecule has 0 aromatic rings. The van der Waals surface area contributed by atoms with E-state index in [2.05, 4.69) is 30.0 Å². The number of rotatable bonds is 1. The van der Waals surface area contributed by atoms with Gasteiger partial charge in [-0.25, -0.2) is 0 Å². The van der Waals surface area contributed by atoms with E-state index in [0.29, 0.717) is 0 Å². The van der Waals surface area contributed by atoms with Gasteiger partial charge in [0.2, 0.25) is 0 Å². The second-order valence-corrected chi connectivity index (χ2v) is 0.904. The molecule has 0 spiro atoms. The molecule has 0 rings (SSSR count). The molecule has 46 valence electrons. The Hall–Kier alpha value is 0.910. The third-order valence-corrected chi connectivity index (χ3v) is 0.383. The SMILES string of the molecule is Cl.Cl.[S-][NH2+]C=NS. The Morgan fingerprint density at radius 1 is 1.57 bits per heavy atom. The van der Waals surface area contributed by atoms with E-state index in [1.165, 1.54) is 11.1 Å². The summed E-state index contributed by atoms with van der Waals surface area (Å²) >= 11 is 7.80. The average molecular weight is 181 g/mol. The van der Waals surface area contributed by atoms with Crippen LogP contribution in [0.4, 0.5) is 0 Å². The molecule has 0 amide bonds. The van der Waals surface area contributed by atoms with Gasteiger partial charge in [0.05, 0.1) is 0 Å². The number of nitrogens with zero attached hydrogens (tertiary/aromatic N) is 1. The van der Waals surface area contributed by atoms with Gasteiger partial charge >= 0.3 is 0 Å². The van der Waals surface area contributed by atoms with E-state index in [-0.39, 0.29) is 24.8 Å². The van der Waals surface area contributed by atoms with E-state index in [0.717, 1.165) is 0 Å². The zero-order chi connectivity index (χ0) is 4.12. The molecule has 6 heteroatoms. The zero-order valence-electron chi connectivity index (χ0n) is 3.27. The topological polar surface area (TPSA) is 29.0 Å². The number of hydrogen-bond acceptors (Lipinski definition) is 3. The lowest BCUT2D eigenvalue weighted by atomic mass is 11.4. The van der Waals surface area contributed by atoms with E-state index >= 15 is 0 Å². The van der Waals surface area contributed by atoms with Crippen molar-refractivity contribution in [3.05, 3.63) is 0 Å². The molecule has 0 aliphatic heterocycles. The van der Waals surface area contributed by atoms with Gasteiger partial charge in [-0.1, -0.05) is 0 Å². The van der Waals surface area contributed by atoms with Crippen molar-refractivity contribution in [3.8, 4) is 0 Å². The summed E-state index contributed by atoms with van der Waals surface area (Å²) in [6, 6.07) is 0. The predicted octanol–water partition coefficient (Wildman–Crippen LogP) is -0.272. The second kappa shape index (κ2) is 15.8. The zero-order valence-corrected chi connectivity index (χ0v) is 6.62. The maximum Gasteiger partial charge on any atom is 0.175 e. The molecule has 0 bridgehead atoms. The first-order valence-electron chi connectivity index (χ1n) is 1.03. The van der Waals surface area contributed by atoms with Gasteiger partial charge in [-0.05, 0) is 12.8 Å². The van der Waals surface area contributed by atoms with Crippen molar-refractivity contribution in [3.63, 3.8) is 0 Å². The number of thiol groups is 1. The molecule has 0 saturated heterocycles. The molecular formula is CH6Cl2N2S2. The monoisotopic (exact) mass is 180 g/mol. The molecule has 7 heavy (non-hydrogen) atoms. The Bertz CT molecular complexity index is 40.7. The van der Waals surface area contributed by atoms with Crippen molar-refractivity contribution in [2.75, 3.05) is 0 Å². The van der Waals surface area contributed by atoms with Gasteiger partial charge in [-0.3, -0.25) is 0 Å². The van der Waals surface area contributed by atoms with Gasteiger partial charge in [0, 0.05) is 0 Å². The number of hydrogen-bond donors (Lipinski definition) is 2. The van der Waals surface area contributed by atoms with Crippen molar-refractivity contribution in [1.29, 1.82) is 0 Å². The molecule has 0 fully saturated rings. The number of quaternary nitrogens is 1. The summed E-state index contributed by atoms with van der Waals surface area (Å²) < 4.78 is 4.66. The summed E-state index contributed by atoms with van der Waals surface area (Å²) in [6.07, 6.45) is 1.43. The molecule has 2 nitrogen and oxygen atoms in total. The summed E-state index contributed by atoms with van der Waals surface area (Å²) in [4.78, 5) is 0. The lowest BCUT2D eigenvalue weighted by Crippen LogP contribution is -2.75. The van der Waals surface area contributed by atoms with Crippen LogP contribution in [0.1, 0.15) is 0 Å². The summed E-state index contributed by atoms with van der Waals surface area (Å²) in [5.41, 5.74) is 0. The van der Waals surface area contributed by atoms with Crippen molar-refractivity contribution < 1.29 is 4.72 Å². The van der Waals surface area contributed by atoms with Crippen LogP contribution in [0.2, 0.25) is 0 Å². The third-order valence-electron chi connectivity index (χ3n) is 0.128. The minimum atomic E-state index is 0. The molecule has 0 heterocycles. The van der Waals surface area contributed by atoms with E-state index < -0.39 is 0 Å². The van der Waals surface area contributed by atoms with Crippen LogP contribution < -0.4 is 4.72 Å². The van der Waals surface area contributed by atoms with Crippen molar-refractivity contribution in [2.24, 2.45) is 4.40 Å². The normalized spacial score (nSPS) is 7.14. The Morgan fingerprint density at radius 2 is 2.00 bits per heavy atom. The maximum absolute atomic E-state index is 4.33. The maximum atomic E-state index is 4.33.